The predicted octanol–water partition coefficient (Wildman–Crippen LogP) is 3.43. The summed E-state index contributed by atoms with van der Waals surface area (Å²) in [5, 5.41) is 0.0337. The van der Waals surface area contributed by atoms with E-state index in [1.54, 1.807) is 24.4 Å². The maximum Gasteiger partial charge on any atom is 0.266 e. The van der Waals surface area contributed by atoms with Gasteiger partial charge in [-0.05, 0) is 30.7 Å². The molecule has 0 fully saturated rings. The molecule has 4 aromatic heterocycles. The van der Waals surface area contributed by atoms with E-state index in [-0.39, 0.29) is 10.7 Å². The van der Waals surface area contributed by atoms with Gasteiger partial charge < -0.3 is 4.98 Å². The van der Waals surface area contributed by atoms with Crippen LogP contribution in [0.15, 0.2) is 54.0 Å². The largest absolute Gasteiger partial charge is 0.342 e. The van der Waals surface area contributed by atoms with E-state index in [9.17, 15) is 4.79 Å². The van der Waals surface area contributed by atoms with Gasteiger partial charge in [0.2, 0.25) is 0 Å². The van der Waals surface area contributed by atoms with Gasteiger partial charge in [0, 0.05) is 6.20 Å². The summed E-state index contributed by atoms with van der Waals surface area (Å²) >= 11 is 11.1. The van der Waals surface area contributed by atoms with Crippen LogP contribution < -0.4 is 5.56 Å². The fraction of sp³-hybridized carbons (Fsp3) is 0.100. The molecule has 1 atom stereocenters. The summed E-state index contributed by atoms with van der Waals surface area (Å²) in [4.78, 5) is 38.3. The van der Waals surface area contributed by atoms with E-state index in [2.05, 4.69) is 24.9 Å². The highest BCUT2D eigenvalue weighted by Gasteiger charge is 2.25. The lowest BCUT2D eigenvalue weighted by atomic mass is 10.1. The van der Waals surface area contributed by atoms with Crippen LogP contribution in [0, 0.1) is 6.92 Å². The zero-order valence-electron chi connectivity index (χ0n) is 15.6. The van der Waals surface area contributed by atoms with Gasteiger partial charge in [-0.1, -0.05) is 23.7 Å². The third-order valence-electron chi connectivity index (χ3n) is 4.87. The molecule has 148 valence electrons. The highest BCUT2D eigenvalue weighted by Crippen LogP contribution is 2.32. The number of benzene rings is 1. The van der Waals surface area contributed by atoms with Crippen LogP contribution in [0.5, 0.6) is 0 Å². The van der Waals surface area contributed by atoms with E-state index in [1.807, 2.05) is 19.1 Å². The molecule has 0 radical (unpaired) electrons. The number of aromatic nitrogens is 7. The smallest absolute Gasteiger partial charge is 0.266 e. The summed E-state index contributed by atoms with van der Waals surface area (Å²) in [7, 11) is 0. The van der Waals surface area contributed by atoms with Crippen LogP contribution in [-0.4, -0.2) is 34.5 Å². The molecule has 0 amide bonds. The lowest BCUT2D eigenvalue weighted by Crippen LogP contribution is -2.26. The van der Waals surface area contributed by atoms with Crippen LogP contribution in [-0.2, 0) is 0 Å². The van der Waals surface area contributed by atoms with Crippen molar-refractivity contribution in [3.05, 3.63) is 81.8 Å². The highest BCUT2D eigenvalue weighted by atomic mass is 35.5. The van der Waals surface area contributed by atoms with E-state index >= 15 is 0 Å². The molecule has 5 rings (SSSR count). The first kappa shape index (κ1) is 18.7. The lowest BCUT2D eigenvalue weighted by molar-refractivity contribution is 0.825. The minimum atomic E-state index is -0.662. The van der Waals surface area contributed by atoms with Crippen molar-refractivity contribution >= 4 is 46.3 Å². The molecule has 1 aromatic carbocycles. The van der Waals surface area contributed by atoms with Crippen molar-refractivity contribution in [2.75, 3.05) is 0 Å². The molecule has 1 unspecified atom stereocenters. The first-order chi connectivity index (χ1) is 14.6. The third kappa shape index (κ3) is 2.86. The summed E-state index contributed by atoms with van der Waals surface area (Å²) < 4.78 is 1.45. The van der Waals surface area contributed by atoms with Crippen LogP contribution in [0.25, 0.3) is 27.8 Å². The maximum absolute atomic E-state index is 13.6. The number of nitrogens with one attached hydrogen (secondary N) is 1. The summed E-state index contributed by atoms with van der Waals surface area (Å²) in [6.07, 6.45) is 4.50. The van der Waals surface area contributed by atoms with Crippen LogP contribution >= 0.6 is 24.2 Å². The molecule has 4 heterocycles. The Hall–Kier alpha value is -3.30. The molecular weight excluding hydrogens is 422 g/mol. The van der Waals surface area contributed by atoms with Crippen molar-refractivity contribution in [1.29, 1.82) is 0 Å². The van der Waals surface area contributed by atoms with Crippen LogP contribution in [0.1, 0.15) is 22.3 Å². The average Bonchev–Trinajstić information content (AvgIpc) is 3.23. The standard InChI is InChI=1S/C20H14ClN7OS/c1-10-4-2-5-11-13(10)20(29)28(12-6-3-7-22-17(12)21)19(27-11)16(30)14-15-18(25-8-23-14)26-9-24-15/h2-9,16,30H,1H3,(H,23,24,25,26). The first-order valence-electron chi connectivity index (χ1n) is 9.01. The fourth-order valence-corrected chi connectivity index (χ4v) is 4.06. The molecule has 8 nitrogen and oxygen atoms in total. The number of fused-ring (bicyclic) bond motifs is 2. The Balaban J connectivity index is 1.87. The van der Waals surface area contributed by atoms with Gasteiger partial charge in [0.15, 0.2) is 10.8 Å². The van der Waals surface area contributed by atoms with E-state index < -0.39 is 5.25 Å². The fourth-order valence-electron chi connectivity index (χ4n) is 3.49. The maximum atomic E-state index is 13.6. The Morgan fingerprint density at radius 1 is 1.13 bits per heavy atom. The molecule has 0 spiro atoms. The number of rotatable bonds is 3. The van der Waals surface area contributed by atoms with E-state index in [0.29, 0.717) is 39.3 Å². The Morgan fingerprint density at radius 3 is 2.83 bits per heavy atom. The van der Waals surface area contributed by atoms with E-state index in [0.717, 1.165) is 5.56 Å². The molecule has 30 heavy (non-hydrogen) atoms. The Labute approximate surface area is 180 Å². The second-order valence-corrected chi connectivity index (χ2v) is 7.53. The Bertz CT molecular complexity index is 1480. The van der Waals surface area contributed by atoms with Crippen LogP contribution in [0.2, 0.25) is 5.15 Å². The summed E-state index contributed by atoms with van der Waals surface area (Å²) in [5.74, 6) is 0.367. The molecule has 0 saturated heterocycles. The SMILES string of the molecule is Cc1cccc2nc(C(S)c3ncnc4nc[nH]c34)n(-c3cccnc3Cl)c(=O)c12. The number of hydrogen-bond donors (Lipinski definition) is 2. The molecule has 0 aliphatic carbocycles. The number of nitrogens with zero attached hydrogens (tertiary/aromatic N) is 6. The van der Waals surface area contributed by atoms with Gasteiger partial charge in [0.25, 0.3) is 5.56 Å². The first-order valence-corrected chi connectivity index (χ1v) is 9.91. The molecule has 0 saturated carbocycles. The van der Waals surface area contributed by atoms with Gasteiger partial charge >= 0.3 is 0 Å². The second-order valence-electron chi connectivity index (χ2n) is 6.66. The summed E-state index contributed by atoms with van der Waals surface area (Å²) in [6, 6.07) is 8.97. The van der Waals surface area contributed by atoms with Crippen LogP contribution in [0.4, 0.5) is 0 Å². The zero-order valence-corrected chi connectivity index (χ0v) is 17.3. The van der Waals surface area contributed by atoms with Crippen molar-refractivity contribution in [2.24, 2.45) is 0 Å². The highest BCUT2D eigenvalue weighted by molar-refractivity contribution is 7.80. The Morgan fingerprint density at radius 2 is 2.00 bits per heavy atom. The normalized spacial score (nSPS) is 12.5. The number of aryl methyl sites for hydroxylation is 1. The molecule has 0 aliphatic rings. The van der Waals surface area contributed by atoms with Crippen LogP contribution in [0.3, 0.4) is 0 Å². The van der Waals surface area contributed by atoms with Crippen molar-refractivity contribution in [3.8, 4) is 5.69 Å². The average molecular weight is 436 g/mol. The molecule has 10 heteroatoms. The predicted molar refractivity (Wildman–Crippen MR) is 117 cm³/mol. The number of hydrogen-bond acceptors (Lipinski definition) is 7. The van der Waals surface area contributed by atoms with Gasteiger partial charge in [0.05, 0.1) is 28.6 Å². The monoisotopic (exact) mass is 435 g/mol. The number of H-pyrrole nitrogens is 1. The van der Waals surface area contributed by atoms with Crippen molar-refractivity contribution in [2.45, 2.75) is 12.2 Å². The zero-order chi connectivity index (χ0) is 20.8. The van der Waals surface area contributed by atoms with Gasteiger partial charge in [-0.3, -0.25) is 9.36 Å². The van der Waals surface area contributed by atoms with Gasteiger partial charge in [0.1, 0.15) is 22.9 Å². The number of halogens is 1. The minimum absolute atomic E-state index is 0.186. The molecular formula is C20H14ClN7OS. The molecule has 5 aromatic rings. The van der Waals surface area contributed by atoms with Gasteiger partial charge in [-0.15, -0.1) is 0 Å². The minimum Gasteiger partial charge on any atom is -0.342 e. The quantitative estimate of drug-likeness (QED) is 0.332. The molecule has 1 N–H and O–H groups in total. The van der Waals surface area contributed by atoms with Crippen molar-refractivity contribution in [3.63, 3.8) is 0 Å². The van der Waals surface area contributed by atoms with E-state index in [1.165, 1.54) is 17.2 Å². The van der Waals surface area contributed by atoms with Crippen molar-refractivity contribution in [1.82, 2.24) is 34.5 Å². The van der Waals surface area contributed by atoms with Gasteiger partial charge in [-0.2, -0.15) is 12.6 Å². The Kier molecular flexibility index (Phi) is 4.48. The summed E-state index contributed by atoms with van der Waals surface area (Å²) in [6.45, 7) is 1.87. The number of pyridine rings is 1. The van der Waals surface area contributed by atoms with E-state index in [4.69, 9.17) is 29.2 Å². The van der Waals surface area contributed by atoms with Crippen molar-refractivity contribution < 1.29 is 0 Å². The summed E-state index contributed by atoms with van der Waals surface area (Å²) in [5.41, 5.74) is 3.24. The number of thiol groups is 1. The third-order valence-corrected chi connectivity index (χ3v) is 5.63. The lowest BCUT2D eigenvalue weighted by Gasteiger charge is -2.19. The van der Waals surface area contributed by atoms with Gasteiger partial charge in [-0.25, -0.2) is 24.9 Å². The topological polar surface area (TPSA) is 102 Å². The molecule has 0 bridgehead atoms. The second kappa shape index (κ2) is 7.19. The number of aromatic amines is 1. The number of imidazole rings is 1. The molecule has 0 aliphatic heterocycles.